The Hall–Kier alpha value is -1.98. The first-order valence-corrected chi connectivity index (χ1v) is 5.93. The van der Waals surface area contributed by atoms with E-state index in [4.69, 9.17) is 9.47 Å². The Bertz CT molecular complexity index is 567. The fourth-order valence-corrected chi connectivity index (χ4v) is 1.74. The van der Waals surface area contributed by atoms with Crippen molar-refractivity contribution in [3.05, 3.63) is 42.1 Å². The van der Waals surface area contributed by atoms with Crippen LogP contribution in [0.25, 0.3) is 10.9 Å². The van der Waals surface area contributed by atoms with Gasteiger partial charge >= 0.3 is 0 Å². The Kier molecular flexibility index (Phi) is 4.43. The first-order valence-electron chi connectivity index (χ1n) is 5.93. The molecule has 0 radical (unpaired) electrons. The normalized spacial score (nSPS) is 10.9. The molecule has 100 valence electrons. The maximum Gasteiger partial charge on any atom is 0.253 e. The topological polar surface area (TPSA) is 60.5 Å². The Labute approximate surface area is 111 Å². The highest BCUT2D eigenvalue weighted by Gasteiger charge is 2.10. The molecule has 0 saturated heterocycles. The minimum atomic E-state index is -0.447. The Morgan fingerprint density at radius 2 is 2.05 bits per heavy atom. The highest BCUT2D eigenvalue weighted by atomic mass is 16.7. The minimum Gasteiger partial charge on any atom is -0.354 e. The molecule has 0 aliphatic carbocycles. The van der Waals surface area contributed by atoms with Crippen LogP contribution in [0.3, 0.4) is 0 Å². The molecule has 1 amide bonds. The fourth-order valence-electron chi connectivity index (χ4n) is 1.74. The second-order valence-corrected chi connectivity index (χ2v) is 4.03. The summed E-state index contributed by atoms with van der Waals surface area (Å²) in [5.41, 5.74) is 1.38. The number of hydrogen-bond donors (Lipinski definition) is 1. The van der Waals surface area contributed by atoms with Crippen LogP contribution in [0.15, 0.2) is 36.5 Å². The highest BCUT2D eigenvalue weighted by molar-refractivity contribution is 5.97. The summed E-state index contributed by atoms with van der Waals surface area (Å²) in [5, 5.41) is 3.67. The third-order valence-corrected chi connectivity index (χ3v) is 2.81. The van der Waals surface area contributed by atoms with Gasteiger partial charge in [-0.05, 0) is 12.1 Å². The van der Waals surface area contributed by atoms with Crippen LogP contribution in [0.4, 0.5) is 0 Å². The van der Waals surface area contributed by atoms with Gasteiger partial charge in [-0.15, -0.1) is 0 Å². The van der Waals surface area contributed by atoms with Crippen LogP contribution in [0.2, 0.25) is 0 Å². The first-order chi connectivity index (χ1) is 9.24. The number of nitrogens with zero attached hydrogens (tertiary/aromatic N) is 1. The van der Waals surface area contributed by atoms with Crippen molar-refractivity contribution in [1.29, 1.82) is 0 Å². The molecule has 2 rings (SSSR count). The summed E-state index contributed by atoms with van der Waals surface area (Å²) >= 11 is 0. The number of pyridine rings is 1. The molecule has 2 aromatic rings. The molecule has 5 heteroatoms. The van der Waals surface area contributed by atoms with Crippen molar-refractivity contribution in [2.24, 2.45) is 0 Å². The summed E-state index contributed by atoms with van der Waals surface area (Å²) < 4.78 is 10.0. The number of carbonyl (C=O) groups is 1. The van der Waals surface area contributed by atoms with E-state index in [-0.39, 0.29) is 5.91 Å². The van der Waals surface area contributed by atoms with Crippen molar-refractivity contribution < 1.29 is 14.3 Å². The summed E-state index contributed by atoms with van der Waals surface area (Å²) in [6.45, 7) is 0.290. The summed E-state index contributed by atoms with van der Waals surface area (Å²) in [4.78, 5) is 16.2. The van der Waals surface area contributed by atoms with E-state index in [2.05, 4.69) is 10.3 Å². The van der Waals surface area contributed by atoms with E-state index in [1.165, 1.54) is 14.2 Å². The maximum atomic E-state index is 12.0. The molecule has 0 aliphatic rings. The van der Waals surface area contributed by atoms with Gasteiger partial charge in [0.1, 0.15) is 0 Å². The van der Waals surface area contributed by atoms with E-state index in [1.54, 1.807) is 6.20 Å². The van der Waals surface area contributed by atoms with E-state index in [0.717, 1.165) is 10.9 Å². The van der Waals surface area contributed by atoms with E-state index < -0.39 is 6.29 Å². The van der Waals surface area contributed by atoms with Crippen molar-refractivity contribution >= 4 is 16.8 Å². The zero-order valence-electron chi connectivity index (χ0n) is 10.9. The van der Waals surface area contributed by atoms with E-state index in [9.17, 15) is 4.79 Å². The summed E-state index contributed by atoms with van der Waals surface area (Å²) in [5.74, 6) is -0.197. The third-order valence-electron chi connectivity index (χ3n) is 2.81. The van der Waals surface area contributed by atoms with Gasteiger partial charge in [-0.2, -0.15) is 0 Å². The van der Waals surface area contributed by atoms with Crippen LogP contribution in [-0.4, -0.2) is 37.9 Å². The predicted molar refractivity (Wildman–Crippen MR) is 71.9 cm³/mol. The van der Waals surface area contributed by atoms with Gasteiger partial charge in [-0.25, -0.2) is 0 Å². The molecule has 1 aromatic carbocycles. The highest BCUT2D eigenvalue weighted by Crippen LogP contribution is 2.12. The number of carbonyl (C=O) groups excluding carboxylic acids is 1. The van der Waals surface area contributed by atoms with Crippen LogP contribution in [0.5, 0.6) is 0 Å². The van der Waals surface area contributed by atoms with Gasteiger partial charge in [0, 0.05) is 25.8 Å². The number of rotatable bonds is 5. The molecule has 1 aromatic heterocycles. The molecule has 1 N–H and O–H groups in total. The number of para-hydroxylation sites is 1. The number of aromatic nitrogens is 1. The predicted octanol–water partition coefficient (Wildman–Crippen LogP) is 1.58. The fraction of sp³-hybridized carbons (Fsp3) is 0.286. The average molecular weight is 260 g/mol. The lowest BCUT2D eigenvalue weighted by Gasteiger charge is -2.14. The molecular formula is C14H16N2O3. The number of methoxy groups -OCH3 is 2. The number of benzene rings is 1. The lowest BCUT2D eigenvalue weighted by Crippen LogP contribution is -2.34. The summed E-state index contributed by atoms with van der Waals surface area (Å²) in [6, 6.07) is 9.47. The smallest absolute Gasteiger partial charge is 0.253 e. The number of nitrogens with one attached hydrogen (secondary N) is 1. The number of hydrogen-bond acceptors (Lipinski definition) is 4. The molecule has 19 heavy (non-hydrogen) atoms. The van der Waals surface area contributed by atoms with Crippen LogP contribution >= 0.6 is 0 Å². The molecule has 0 saturated carbocycles. The van der Waals surface area contributed by atoms with Crippen LogP contribution in [-0.2, 0) is 9.47 Å². The Morgan fingerprint density at radius 1 is 1.32 bits per heavy atom. The van der Waals surface area contributed by atoms with Gasteiger partial charge in [0.25, 0.3) is 5.91 Å². The van der Waals surface area contributed by atoms with E-state index in [0.29, 0.717) is 12.1 Å². The first kappa shape index (κ1) is 13.5. The van der Waals surface area contributed by atoms with E-state index in [1.807, 2.05) is 30.3 Å². The molecular weight excluding hydrogens is 244 g/mol. The molecule has 5 nitrogen and oxygen atoms in total. The van der Waals surface area contributed by atoms with Gasteiger partial charge in [-0.1, -0.05) is 18.2 Å². The lowest BCUT2D eigenvalue weighted by molar-refractivity contribution is -0.0974. The average Bonchev–Trinajstić information content (AvgIpc) is 2.47. The third kappa shape index (κ3) is 3.27. The summed E-state index contributed by atoms with van der Waals surface area (Å²) in [7, 11) is 3.05. The Balaban J connectivity index is 2.09. The van der Waals surface area contributed by atoms with Gasteiger partial charge in [0.2, 0.25) is 0 Å². The van der Waals surface area contributed by atoms with Crippen molar-refractivity contribution in [3.63, 3.8) is 0 Å². The van der Waals surface area contributed by atoms with Crippen molar-refractivity contribution in [2.45, 2.75) is 6.29 Å². The lowest BCUT2D eigenvalue weighted by atomic mass is 10.1. The number of ether oxygens (including phenoxy) is 2. The van der Waals surface area contributed by atoms with Crippen LogP contribution in [0, 0.1) is 0 Å². The second kappa shape index (κ2) is 6.26. The maximum absolute atomic E-state index is 12.0. The molecule has 0 spiro atoms. The van der Waals surface area contributed by atoms with Crippen molar-refractivity contribution in [2.75, 3.05) is 20.8 Å². The molecule has 0 fully saturated rings. The monoisotopic (exact) mass is 260 g/mol. The van der Waals surface area contributed by atoms with Crippen LogP contribution < -0.4 is 5.32 Å². The zero-order valence-corrected chi connectivity index (χ0v) is 10.9. The van der Waals surface area contributed by atoms with Gasteiger partial charge in [0.05, 0.1) is 17.6 Å². The van der Waals surface area contributed by atoms with Gasteiger partial charge < -0.3 is 14.8 Å². The van der Waals surface area contributed by atoms with Crippen molar-refractivity contribution in [1.82, 2.24) is 10.3 Å². The molecule has 0 aliphatic heterocycles. The number of amides is 1. The van der Waals surface area contributed by atoms with Crippen LogP contribution in [0.1, 0.15) is 10.4 Å². The summed E-state index contributed by atoms with van der Waals surface area (Å²) in [6.07, 6.45) is 1.11. The molecule has 0 bridgehead atoms. The van der Waals surface area contributed by atoms with Crippen molar-refractivity contribution in [3.8, 4) is 0 Å². The quantitative estimate of drug-likeness (QED) is 0.829. The van der Waals surface area contributed by atoms with Gasteiger partial charge in [-0.3, -0.25) is 9.78 Å². The largest absolute Gasteiger partial charge is 0.354 e. The molecule has 1 heterocycles. The Morgan fingerprint density at radius 3 is 2.79 bits per heavy atom. The molecule has 0 atom stereocenters. The SMILES string of the molecule is COC(CNC(=O)c1cnc2ccccc2c1)OC. The molecule has 0 unspecified atom stereocenters. The zero-order chi connectivity index (χ0) is 13.7. The van der Waals surface area contributed by atoms with E-state index >= 15 is 0 Å². The van der Waals surface area contributed by atoms with Gasteiger partial charge in [0.15, 0.2) is 6.29 Å². The second-order valence-electron chi connectivity index (χ2n) is 4.03. The standard InChI is InChI=1S/C14H16N2O3/c1-18-13(19-2)9-16-14(17)11-7-10-5-3-4-6-12(10)15-8-11/h3-8,13H,9H2,1-2H3,(H,16,17). The minimum absolute atomic E-state index is 0.197. The number of fused-ring (bicyclic) bond motifs is 1.